The van der Waals surface area contributed by atoms with E-state index < -0.39 is 6.09 Å². The minimum atomic E-state index is -0.431. The predicted molar refractivity (Wildman–Crippen MR) is 83.7 cm³/mol. The molecule has 1 aromatic rings. The fraction of sp³-hybridized carbons (Fsp3) is 0.562. The Bertz CT molecular complexity index is 430. The summed E-state index contributed by atoms with van der Waals surface area (Å²) in [6.07, 6.45) is 5.49. The van der Waals surface area contributed by atoms with Gasteiger partial charge in [0.2, 0.25) is 0 Å². The molecule has 0 aromatic heterocycles. The number of benzene rings is 1. The summed E-state index contributed by atoms with van der Waals surface area (Å²) >= 11 is 0. The first-order valence-corrected chi connectivity index (χ1v) is 7.28. The fourth-order valence-corrected chi connectivity index (χ4v) is 2.16. The number of nitrogens with zero attached hydrogens (tertiary/aromatic N) is 1. The van der Waals surface area contributed by atoms with E-state index in [9.17, 15) is 4.79 Å². The highest BCUT2D eigenvalue weighted by Gasteiger charge is 2.08. The number of aryl methyl sites for hydroxylation is 1. The highest BCUT2D eigenvalue weighted by molar-refractivity contribution is 5.70. The second kappa shape index (κ2) is 8.46. The van der Waals surface area contributed by atoms with Gasteiger partial charge < -0.3 is 15.0 Å². The predicted octanol–water partition coefficient (Wildman–Crippen LogP) is 3.59. The van der Waals surface area contributed by atoms with Crippen molar-refractivity contribution in [2.24, 2.45) is 0 Å². The summed E-state index contributed by atoms with van der Waals surface area (Å²) in [5.41, 5.74) is 2.42. The van der Waals surface area contributed by atoms with Crippen LogP contribution in [0.3, 0.4) is 0 Å². The van der Waals surface area contributed by atoms with E-state index in [0.29, 0.717) is 5.75 Å². The topological polar surface area (TPSA) is 41.6 Å². The second-order valence-corrected chi connectivity index (χ2v) is 5.14. The molecular formula is C16H26N2O2. The molecule has 1 amide bonds. The maximum absolute atomic E-state index is 11.3. The largest absolute Gasteiger partial charge is 0.412 e. The van der Waals surface area contributed by atoms with Gasteiger partial charge in [-0.1, -0.05) is 26.2 Å². The Morgan fingerprint density at radius 1 is 1.25 bits per heavy atom. The maximum atomic E-state index is 11.3. The lowest BCUT2D eigenvalue weighted by Crippen LogP contribution is -2.22. The Morgan fingerprint density at radius 3 is 2.60 bits per heavy atom. The molecule has 1 aromatic carbocycles. The van der Waals surface area contributed by atoms with Gasteiger partial charge in [-0.25, -0.2) is 4.79 Å². The van der Waals surface area contributed by atoms with Crippen LogP contribution in [-0.4, -0.2) is 27.2 Å². The number of amides is 1. The molecule has 112 valence electrons. The third-order valence-corrected chi connectivity index (χ3v) is 3.25. The van der Waals surface area contributed by atoms with Crippen molar-refractivity contribution in [3.8, 4) is 5.75 Å². The van der Waals surface area contributed by atoms with Crippen LogP contribution in [0.5, 0.6) is 5.75 Å². The average molecular weight is 278 g/mol. The third kappa shape index (κ3) is 5.11. The zero-order chi connectivity index (χ0) is 15.0. The Labute approximate surface area is 122 Å². The Balaban J connectivity index is 2.79. The molecule has 0 unspecified atom stereocenters. The van der Waals surface area contributed by atoms with Crippen LogP contribution in [0.25, 0.3) is 0 Å². The second-order valence-electron chi connectivity index (χ2n) is 5.14. The molecule has 1 N–H and O–H groups in total. The maximum Gasteiger partial charge on any atom is 0.412 e. The first-order valence-electron chi connectivity index (χ1n) is 7.28. The number of rotatable bonds is 7. The van der Waals surface area contributed by atoms with Crippen LogP contribution >= 0.6 is 0 Å². The number of hydrogen-bond donors (Lipinski definition) is 1. The summed E-state index contributed by atoms with van der Waals surface area (Å²) in [6, 6.07) is 5.81. The highest BCUT2D eigenvalue weighted by atomic mass is 16.5. The standard InChI is InChI=1S/C16H26N2O2/c1-5-6-7-8-9-13-12-14(20-16(19)17-2)10-11-15(13)18(3)4/h10-12H,5-9H2,1-4H3,(H,17,19). The lowest BCUT2D eigenvalue weighted by atomic mass is 10.0. The smallest absolute Gasteiger partial charge is 0.410 e. The highest BCUT2D eigenvalue weighted by Crippen LogP contribution is 2.26. The summed E-state index contributed by atoms with van der Waals surface area (Å²) < 4.78 is 5.20. The number of ether oxygens (including phenoxy) is 1. The minimum Gasteiger partial charge on any atom is -0.410 e. The molecule has 0 heterocycles. The molecule has 0 saturated heterocycles. The van der Waals surface area contributed by atoms with E-state index in [1.54, 1.807) is 7.05 Å². The van der Waals surface area contributed by atoms with Gasteiger partial charge in [-0.05, 0) is 36.6 Å². The summed E-state index contributed by atoms with van der Waals surface area (Å²) in [5.74, 6) is 0.598. The molecule has 4 heteroatoms. The van der Waals surface area contributed by atoms with Gasteiger partial charge in [-0.3, -0.25) is 0 Å². The summed E-state index contributed by atoms with van der Waals surface area (Å²) in [5, 5.41) is 2.46. The van der Waals surface area contributed by atoms with Gasteiger partial charge in [0.15, 0.2) is 0 Å². The molecule has 0 aliphatic carbocycles. The Hall–Kier alpha value is -1.71. The van der Waals surface area contributed by atoms with Gasteiger partial charge in [0.25, 0.3) is 0 Å². The number of hydrogen-bond acceptors (Lipinski definition) is 3. The van der Waals surface area contributed by atoms with Crippen LogP contribution in [0.1, 0.15) is 38.2 Å². The zero-order valence-electron chi connectivity index (χ0n) is 13.0. The molecule has 1 rings (SSSR count). The zero-order valence-corrected chi connectivity index (χ0v) is 13.0. The quantitative estimate of drug-likeness (QED) is 0.775. The molecule has 0 aliphatic heterocycles. The number of unbranched alkanes of at least 4 members (excludes halogenated alkanes) is 3. The van der Waals surface area contributed by atoms with Gasteiger partial charge in [-0.15, -0.1) is 0 Å². The van der Waals surface area contributed by atoms with Crippen molar-refractivity contribution in [3.63, 3.8) is 0 Å². The van der Waals surface area contributed by atoms with Crippen LogP contribution in [0, 0.1) is 0 Å². The van der Waals surface area contributed by atoms with E-state index in [-0.39, 0.29) is 0 Å². The van der Waals surface area contributed by atoms with Gasteiger partial charge in [0.1, 0.15) is 5.75 Å². The molecule has 0 radical (unpaired) electrons. The molecule has 0 spiro atoms. The van der Waals surface area contributed by atoms with E-state index in [4.69, 9.17) is 4.74 Å². The molecule has 4 nitrogen and oxygen atoms in total. The lowest BCUT2D eigenvalue weighted by molar-refractivity contribution is 0.203. The molecule has 0 fully saturated rings. The van der Waals surface area contributed by atoms with E-state index in [2.05, 4.69) is 17.1 Å². The SMILES string of the molecule is CCCCCCc1cc(OC(=O)NC)ccc1N(C)C. The van der Waals surface area contributed by atoms with E-state index >= 15 is 0 Å². The molecule has 20 heavy (non-hydrogen) atoms. The van der Waals surface area contributed by atoms with Crippen molar-refractivity contribution in [1.29, 1.82) is 0 Å². The number of nitrogens with one attached hydrogen (secondary N) is 1. The van der Waals surface area contributed by atoms with Crippen molar-refractivity contribution in [2.45, 2.75) is 39.0 Å². The van der Waals surface area contributed by atoms with Gasteiger partial charge in [0, 0.05) is 26.8 Å². The van der Waals surface area contributed by atoms with Crippen molar-refractivity contribution in [3.05, 3.63) is 23.8 Å². The van der Waals surface area contributed by atoms with Crippen LogP contribution in [0.4, 0.5) is 10.5 Å². The molecule has 0 aliphatic rings. The lowest BCUT2D eigenvalue weighted by Gasteiger charge is -2.18. The first-order chi connectivity index (χ1) is 9.58. The average Bonchev–Trinajstić information content (AvgIpc) is 2.43. The fourth-order valence-electron chi connectivity index (χ4n) is 2.16. The molecule has 0 atom stereocenters. The van der Waals surface area contributed by atoms with E-state index in [0.717, 1.165) is 12.8 Å². The normalized spacial score (nSPS) is 10.2. The number of carbonyl (C=O) groups is 1. The van der Waals surface area contributed by atoms with Crippen molar-refractivity contribution in [1.82, 2.24) is 5.32 Å². The van der Waals surface area contributed by atoms with Gasteiger partial charge in [0.05, 0.1) is 0 Å². The summed E-state index contributed by atoms with van der Waals surface area (Å²) in [7, 11) is 5.62. The van der Waals surface area contributed by atoms with Crippen molar-refractivity contribution >= 4 is 11.8 Å². The molecule has 0 saturated carbocycles. The van der Waals surface area contributed by atoms with Crippen LogP contribution < -0.4 is 15.0 Å². The van der Waals surface area contributed by atoms with Crippen LogP contribution in [-0.2, 0) is 6.42 Å². The third-order valence-electron chi connectivity index (χ3n) is 3.25. The molecule has 0 bridgehead atoms. The van der Waals surface area contributed by atoms with E-state index in [1.165, 1.54) is 30.5 Å². The van der Waals surface area contributed by atoms with Crippen LogP contribution in [0.15, 0.2) is 18.2 Å². The number of anilines is 1. The summed E-state index contributed by atoms with van der Waals surface area (Å²) in [4.78, 5) is 13.4. The number of carbonyl (C=O) groups excluding carboxylic acids is 1. The summed E-state index contributed by atoms with van der Waals surface area (Å²) in [6.45, 7) is 2.21. The van der Waals surface area contributed by atoms with Crippen molar-refractivity contribution in [2.75, 3.05) is 26.0 Å². The first kappa shape index (κ1) is 16.3. The van der Waals surface area contributed by atoms with Crippen LogP contribution in [0.2, 0.25) is 0 Å². The Kier molecular flexibility index (Phi) is 6.91. The van der Waals surface area contributed by atoms with Gasteiger partial charge >= 0.3 is 6.09 Å². The monoisotopic (exact) mass is 278 g/mol. The van der Waals surface area contributed by atoms with E-state index in [1.807, 2.05) is 32.3 Å². The Morgan fingerprint density at radius 2 is 2.00 bits per heavy atom. The van der Waals surface area contributed by atoms with Crippen molar-refractivity contribution < 1.29 is 9.53 Å². The van der Waals surface area contributed by atoms with Gasteiger partial charge in [-0.2, -0.15) is 0 Å². The molecular weight excluding hydrogens is 252 g/mol. The minimum absolute atomic E-state index is 0.431.